The Morgan fingerprint density at radius 1 is 0.966 bits per heavy atom. The minimum absolute atomic E-state index is 0.196. The molecule has 6 heteroatoms. The van der Waals surface area contributed by atoms with Crippen molar-refractivity contribution in [2.45, 2.75) is 26.4 Å². The second kappa shape index (κ2) is 9.50. The summed E-state index contributed by atoms with van der Waals surface area (Å²) in [6.45, 7) is 4.35. The molecule has 6 nitrogen and oxygen atoms in total. The van der Waals surface area contributed by atoms with Gasteiger partial charge in [0.1, 0.15) is 0 Å². The molecular formula is C23H24N4O2. The summed E-state index contributed by atoms with van der Waals surface area (Å²) in [6, 6.07) is 19.8. The summed E-state index contributed by atoms with van der Waals surface area (Å²) < 4.78 is 0. The fourth-order valence-electron chi connectivity index (χ4n) is 2.75. The second-order valence-corrected chi connectivity index (χ2v) is 6.82. The molecule has 0 unspecified atom stereocenters. The van der Waals surface area contributed by atoms with Gasteiger partial charge in [-0.05, 0) is 55.8 Å². The third-order valence-electron chi connectivity index (χ3n) is 4.46. The van der Waals surface area contributed by atoms with Crippen molar-refractivity contribution in [1.82, 2.24) is 15.6 Å². The van der Waals surface area contributed by atoms with Gasteiger partial charge in [-0.15, -0.1) is 0 Å². The molecule has 29 heavy (non-hydrogen) atoms. The van der Waals surface area contributed by atoms with Crippen LogP contribution in [0.1, 0.15) is 40.1 Å². The molecule has 3 N–H and O–H groups in total. The molecule has 2 aromatic carbocycles. The minimum Gasteiger partial charge on any atom is -0.344 e. The van der Waals surface area contributed by atoms with E-state index in [2.05, 4.69) is 20.9 Å². The fourth-order valence-corrected chi connectivity index (χ4v) is 2.75. The Hall–Kier alpha value is -3.67. The number of hydrogen-bond donors (Lipinski definition) is 3. The predicted molar refractivity (Wildman–Crippen MR) is 114 cm³/mol. The maximum absolute atomic E-state index is 12.4. The van der Waals surface area contributed by atoms with Gasteiger partial charge in [0.15, 0.2) is 0 Å². The van der Waals surface area contributed by atoms with Crippen molar-refractivity contribution in [2.75, 3.05) is 5.32 Å². The van der Waals surface area contributed by atoms with E-state index in [1.165, 1.54) is 5.56 Å². The highest BCUT2D eigenvalue weighted by Gasteiger charge is 2.12. The van der Waals surface area contributed by atoms with Gasteiger partial charge in [0.25, 0.3) is 5.91 Å². The van der Waals surface area contributed by atoms with Gasteiger partial charge in [0.05, 0.1) is 11.7 Å². The number of amides is 3. The van der Waals surface area contributed by atoms with Crippen molar-refractivity contribution in [2.24, 2.45) is 0 Å². The molecule has 0 aliphatic rings. The van der Waals surface area contributed by atoms with E-state index in [9.17, 15) is 9.59 Å². The van der Waals surface area contributed by atoms with Crippen LogP contribution in [0.4, 0.5) is 10.5 Å². The van der Waals surface area contributed by atoms with Crippen molar-refractivity contribution in [3.63, 3.8) is 0 Å². The van der Waals surface area contributed by atoms with E-state index >= 15 is 0 Å². The molecule has 1 heterocycles. The van der Waals surface area contributed by atoms with E-state index < -0.39 is 0 Å². The molecule has 3 rings (SSSR count). The average Bonchev–Trinajstić information content (AvgIpc) is 2.74. The highest BCUT2D eigenvalue weighted by atomic mass is 16.2. The van der Waals surface area contributed by atoms with E-state index in [0.717, 1.165) is 11.3 Å². The molecular weight excluding hydrogens is 364 g/mol. The highest BCUT2D eigenvalue weighted by molar-refractivity contribution is 5.95. The molecule has 1 aromatic heterocycles. The van der Waals surface area contributed by atoms with Gasteiger partial charge in [0.2, 0.25) is 0 Å². The first-order valence-electron chi connectivity index (χ1n) is 9.43. The Balaban J connectivity index is 1.50. The zero-order valence-electron chi connectivity index (χ0n) is 16.5. The van der Waals surface area contributed by atoms with Gasteiger partial charge in [-0.2, -0.15) is 0 Å². The minimum atomic E-state index is -0.299. The highest BCUT2D eigenvalue weighted by Crippen LogP contribution is 2.13. The van der Waals surface area contributed by atoms with Crippen molar-refractivity contribution in [1.29, 1.82) is 0 Å². The lowest BCUT2D eigenvalue weighted by molar-refractivity contribution is 0.0939. The number of anilines is 1. The summed E-state index contributed by atoms with van der Waals surface area (Å²) in [4.78, 5) is 28.7. The number of nitrogens with one attached hydrogen (secondary N) is 3. The van der Waals surface area contributed by atoms with Gasteiger partial charge in [0, 0.05) is 24.0 Å². The Morgan fingerprint density at radius 2 is 1.69 bits per heavy atom. The Labute approximate surface area is 170 Å². The van der Waals surface area contributed by atoms with Crippen LogP contribution in [-0.4, -0.2) is 16.9 Å². The SMILES string of the molecule is Cc1ccc(CNC(=O)Nc2ccc(C(=O)N[C@H](C)c3ccccn3)cc2)cc1. The Kier molecular flexibility index (Phi) is 6.58. The summed E-state index contributed by atoms with van der Waals surface area (Å²) in [5.41, 5.74) is 4.13. The largest absolute Gasteiger partial charge is 0.344 e. The van der Waals surface area contributed by atoms with Crippen LogP contribution in [0.25, 0.3) is 0 Å². The average molecular weight is 388 g/mol. The number of benzene rings is 2. The van der Waals surface area contributed by atoms with E-state index in [4.69, 9.17) is 0 Å². The first kappa shape index (κ1) is 20.1. The number of nitrogens with zero attached hydrogens (tertiary/aromatic N) is 1. The van der Waals surface area contributed by atoms with Crippen LogP contribution in [0.15, 0.2) is 72.9 Å². The number of hydrogen-bond acceptors (Lipinski definition) is 3. The zero-order valence-corrected chi connectivity index (χ0v) is 16.5. The van der Waals surface area contributed by atoms with Gasteiger partial charge in [-0.1, -0.05) is 35.9 Å². The number of carbonyl (C=O) groups excluding carboxylic acids is 2. The normalized spacial score (nSPS) is 11.4. The summed E-state index contributed by atoms with van der Waals surface area (Å²) in [6.07, 6.45) is 1.70. The van der Waals surface area contributed by atoms with E-state index in [1.54, 1.807) is 30.5 Å². The molecule has 0 radical (unpaired) electrons. The molecule has 0 spiro atoms. The zero-order chi connectivity index (χ0) is 20.6. The van der Waals surface area contributed by atoms with Crippen LogP contribution >= 0.6 is 0 Å². The number of aromatic nitrogens is 1. The molecule has 0 fully saturated rings. The van der Waals surface area contributed by atoms with Gasteiger partial charge < -0.3 is 16.0 Å². The maximum Gasteiger partial charge on any atom is 0.319 e. The van der Waals surface area contributed by atoms with Crippen molar-refractivity contribution < 1.29 is 9.59 Å². The van der Waals surface area contributed by atoms with E-state index in [0.29, 0.717) is 17.8 Å². The van der Waals surface area contributed by atoms with Crippen LogP contribution in [0.5, 0.6) is 0 Å². The number of rotatable bonds is 6. The summed E-state index contributed by atoms with van der Waals surface area (Å²) >= 11 is 0. The quantitative estimate of drug-likeness (QED) is 0.592. The molecule has 0 saturated heterocycles. The number of pyridine rings is 1. The van der Waals surface area contributed by atoms with E-state index in [-0.39, 0.29) is 18.0 Å². The Morgan fingerprint density at radius 3 is 2.34 bits per heavy atom. The summed E-state index contributed by atoms with van der Waals surface area (Å²) in [5.74, 6) is -0.196. The molecule has 0 aliphatic carbocycles. The fraction of sp³-hybridized carbons (Fsp3) is 0.174. The van der Waals surface area contributed by atoms with Crippen LogP contribution in [0.3, 0.4) is 0 Å². The third kappa shape index (κ3) is 5.90. The third-order valence-corrected chi connectivity index (χ3v) is 4.46. The van der Waals surface area contributed by atoms with Crippen LogP contribution in [0, 0.1) is 6.92 Å². The number of aryl methyl sites for hydroxylation is 1. The number of urea groups is 1. The molecule has 0 bridgehead atoms. The van der Waals surface area contributed by atoms with Crippen molar-refractivity contribution in [3.05, 3.63) is 95.3 Å². The van der Waals surface area contributed by atoms with E-state index in [1.807, 2.05) is 56.3 Å². The van der Waals surface area contributed by atoms with Gasteiger partial charge in [-0.25, -0.2) is 4.79 Å². The Bertz CT molecular complexity index is 954. The number of carbonyl (C=O) groups is 2. The lowest BCUT2D eigenvalue weighted by Gasteiger charge is -2.13. The summed E-state index contributed by atoms with van der Waals surface area (Å²) in [7, 11) is 0. The standard InChI is InChI=1S/C23H24N4O2/c1-16-6-8-18(9-7-16)15-25-23(29)27-20-12-10-19(11-13-20)22(28)26-17(2)21-5-3-4-14-24-21/h3-14,17H,15H2,1-2H3,(H,26,28)(H2,25,27,29)/t17-/m1/s1. The van der Waals surface area contributed by atoms with Crippen LogP contribution < -0.4 is 16.0 Å². The lowest BCUT2D eigenvalue weighted by Crippen LogP contribution is -2.28. The molecule has 0 saturated carbocycles. The molecule has 1 atom stereocenters. The van der Waals surface area contributed by atoms with Gasteiger partial charge >= 0.3 is 6.03 Å². The van der Waals surface area contributed by atoms with Crippen LogP contribution in [-0.2, 0) is 6.54 Å². The lowest BCUT2D eigenvalue weighted by atomic mass is 10.1. The summed E-state index contributed by atoms with van der Waals surface area (Å²) in [5, 5.41) is 8.49. The first-order chi connectivity index (χ1) is 14.0. The predicted octanol–water partition coefficient (Wildman–Crippen LogP) is 4.20. The molecule has 3 aromatic rings. The van der Waals surface area contributed by atoms with Crippen molar-refractivity contribution in [3.8, 4) is 0 Å². The smallest absolute Gasteiger partial charge is 0.319 e. The molecule has 3 amide bonds. The first-order valence-corrected chi connectivity index (χ1v) is 9.43. The monoisotopic (exact) mass is 388 g/mol. The van der Waals surface area contributed by atoms with Gasteiger partial charge in [-0.3, -0.25) is 9.78 Å². The second-order valence-electron chi connectivity index (χ2n) is 6.82. The van der Waals surface area contributed by atoms with Crippen LogP contribution in [0.2, 0.25) is 0 Å². The maximum atomic E-state index is 12.4. The molecule has 148 valence electrons. The topological polar surface area (TPSA) is 83.1 Å². The molecule has 0 aliphatic heterocycles. The van der Waals surface area contributed by atoms with Crippen molar-refractivity contribution >= 4 is 17.6 Å².